The third kappa shape index (κ3) is 3.89. The van der Waals surface area contributed by atoms with Crippen LogP contribution in [0.5, 0.6) is 0 Å². The highest BCUT2D eigenvalue weighted by atomic mass is 16.2. The van der Waals surface area contributed by atoms with Crippen LogP contribution in [0.3, 0.4) is 0 Å². The van der Waals surface area contributed by atoms with Gasteiger partial charge in [-0.3, -0.25) is 14.7 Å². The molecule has 134 valence electrons. The van der Waals surface area contributed by atoms with Crippen molar-refractivity contribution in [3.05, 3.63) is 71.5 Å². The van der Waals surface area contributed by atoms with Crippen LogP contribution >= 0.6 is 0 Å². The number of hydrogen-bond donors (Lipinski definition) is 0. The van der Waals surface area contributed by atoms with Gasteiger partial charge in [0.15, 0.2) is 0 Å². The minimum atomic E-state index is -0.326. The summed E-state index contributed by atoms with van der Waals surface area (Å²) in [7, 11) is 5.66. The number of rotatable bonds is 5. The molecule has 5 heteroatoms. The second-order valence-electron chi connectivity index (χ2n) is 6.82. The zero-order valence-corrected chi connectivity index (χ0v) is 15.7. The first-order chi connectivity index (χ1) is 12.5. The molecule has 2 aromatic carbocycles. The van der Waals surface area contributed by atoms with E-state index in [0.717, 1.165) is 27.9 Å². The summed E-state index contributed by atoms with van der Waals surface area (Å²) < 4.78 is 0. The summed E-state index contributed by atoms with van der Waals surface area (Å²) in [5, 5.41) is 0. The maximum atomic E-state index is 13.1. The predicted octanol–water partition coefficient (Wildman–Crippen LogP) is 3.20. The van der Waals surface area contributed by atoms with Crippen molar-refractivity contribution in [2.75, 3.05) is 21.1 Å². The van der Waals surface area contributed by atoms with Crippen molar-refractivity contribution < 1.29 is 4.79 Å². The third-order valence-corrected chi connectivity index (χ3v) is 4.38. The predicted molar refractivity (Wildman–Crippen MR) is 104 cm³/mol. The molecule has 0 saturated heterocycles. The van der Waals surface area contributed by atoms with E-state index >= 15 is 0 Å². The second kappa shape index (κ2) is 7.62. The van der Waals surface area contributed by atoms with E-state index in [0.29, 0.717) is 6.54 Å². The Morgan fingerprint density at radius 3 is 2.46 bits per heavy atom. The number of likely N-dealkylation sites (N-methyl/N-ethyl adjacent to an activating group) is 2. The zero-order chi connectivity index (χ0) is 18.7. The van der Waals surface area contributed by atoms with Crippen molar-refractivity contribution in [2.24, 2.45) is 0 Å². The van der Waals surface area contributed by atoms with E-state index in [1.165, 1.54) is 0 Å². The second-order valence-corrected chi connectivity index (χ2v) is 6.82. The highest BCUT2D eigenvalue weighted by molar-refractivity contribution is 5.83. The Morgan fingerprint density at radius 1 is 1.04 bits per heavy atom. The van der Waals surface area contributed by atoms with Crippen molar-refractivity contribution in [1.82, 2.24) is 19.8 Å². The zero-order valence-electron chi connectivity index (χ0n) is 15.7. The molecule has 1 atom stereocenters. The quantitative estimate of drug-likeness (QED) is 0.710. The molecule has 1 amide bonds. The summed E-state index contributed by atoms with van der Waals surface area (Å²) in [6.07, 6.45) is 1.74. The summed E-state index contributed by atoms with van der Waals surface area (Å²) in [5.74, 6) is 0.0376. The Bertz CT molecular complexity index is 923. The van der Waals surface area contributed by atoms with Gasteiger partial charge in [-0.2, -0.15) is 0 Å². The molecule has 5 nitrogen and oxygen atoms in total. The number of carbonyl (C=O) groups is 1. The third-order valence-electron chi connectivity index (χ3n) is 4.38. The average Bonchev–Trinajstić information content (AvgIpc) is 2.61. The van der Waals surface area contributed by atoms with Gasteiger partial charge in [0.25, 0.3) is 0 Å². The summed E-state index contributed by atoms with van der Waals surface area (Å²) in [5.41, 5.74) is 4.62. The fraction of sp³-hybridized carbons (Fsp3) is 0.286. The number of para-hydroxylation sites is 2. The van der Waals surface area contributed by atoms with Gasteiger partial charge in [-0.15, -0.1) is 0 Å². The molecule has 0 spiro atoms. The van der Waals surface area contributed by atoms with Crippen LogP contribution in [0.2, 0.25) is 0 Å². The topological polar surface area (TPSA) is 49.3 Å². The molecule has 26 heavy (non-hydrogen) atoms. The molecule has 0 radical (unpaired) electrons. The summed E-state index contributed by atoms with van der Waals surface area (Å²) in [6.45, 7) is 2.46. The first-order valence-electron chi connectivity index (χ1n) is 8.64. The molecular formula is C21H24N4O. The van der Waals surface area contributed by atoms with Crippen LogP contribution in [0, 0.1) is 6.92 Å². The number of amides is 1. The maximum absolute atomic E-state index is 13.1. The van der Waals surface area contributed by atoms with Crippen LogP contribution in [0.25, 0.3) is 11.0 Å². The Labute approximate surface area is 154 Å². The number of aromatic nitrogens is 2. The molecule has 0 aliphatic heterocycles. The molecule has 0 aliphatic carbocycles. The molecule has 0 aliphatic rings. The minimum absolute atomic E-state index is 0.0376. The summed E-state index contributed by atoms with van der Waals surface area (Å²) >= 11 is 0. The van der Waals surface area contributed by atoms with E-state index in [9.17, 15) is 4.79 Å². The van der Waals surface area contributed by atoms with Gasteiger partial charge >= 0.3 is 0 Å². The van der Waals surface area contributed by atoms with E-state index in [4.69, 9.17) is 0 Å². The number of nitrogens with zero attached hydrogens (tertiary/aromatic N) is 4. The monoisotopic (exact) mass is 348 g/mol. The number of carbonyl (C=O) groups excluding carboxylic acids is 1. The molecule has 0 N–H and O–H groups in total. The lowest BCUT2D eigenvalue weighted by molar-refractivity contribution is -0.135. The molecular weight excluding hydrogens is 324 g/mol. The minimum Gasteiger partial charge on any atom is -0.338 e. The highest BCUT2D eigenvalue weighted by Gasteiger charge is 2.26. The van der Waals surface area contributed by atoms with E-state index in [1.807, 2.05) is 75.4 Å². The van der Waals surface area contributed by atoms with Gasteiger partial charge in [0.05, 0.1) is 29.5 Å². The Morgan fingerprint density at radius 2 is 1.77 bits per heavy atom. The average molecular weight is 348 g/mol. The van der Waals surface area contributed by atoms with Crippen molar-refractivity contribution in [3.8, 4) is 0 Å². The van der Waals surface area contributed by atoms with Crippen LogP contribution < -0.4 is 0 Å². The van der Waals surface area contributed by atoms with E-state index in [2.05, 4.69) is 16.0 Å². The fourth-order valence-corrected chi connectivity index (χ4v) is 3.10. The smallest absolute Gasteiger partial charge is 0.244 e. The van der Waals surface area contributed by atoms with Gasteiger partial charge in [-0.25, -0.2) is 4.98 Å². The van der Waals surface area contributed by atoms with Crippen molar-refractivity contribution in [2.45, 2.75) is 19.5 Å². The number of aryl methyl sites for hydroxylation is 1. The van der Waals surface area contributed by atoms with Crippen LogP contribution in [-0.2, 0) is 11.3 Å². The molecule has 1 heterocycles. The van der Waals surface area contributed by atoms with Gasteiger partial charge in [0, 0.05) is 7.05 Å². The molecule has 1 aromatic heterocycles. The molecule has 3 rings (SSSR count). The van der Waals surface area contributed by atoms with Gasteiger partial charge in [0.1, 0.15) is 6.04 Å². The van der Waals surface area contributed by atoms with Gasteiger partial charge in [-0.1, -0.05) is 42.0 Å². The van der Waals surface area contributed by atoms with E-state index in [-0.39, 0.29) is 11.9 Å². The normalized spacial score (nSPS) is 12.3. The molecule has 0 bridgehead atoms. The van der Waals surface area contributed by atoms with Crippen LogP contribution in [0.1, 0.15) is 22.9 Å². The Hall–Kier alpha value is -2.79. The maximum Gasteiger partial charge on any atom is 0.244 e. The molecule has 0 fully saturated rings. The van der Waals surface area contributed by atoms with Gasteiger partial charge in [0.2, 0.25) is 5.91 Å². The SMILES string of the molecule is Cc1cccc([C@H](C(=O)N(C)Cc2cnc3ccccc3n2)N(C)C)c1. The lowest BCUT2D eigenvalue weighted by Gasteiger charge is -2.28. The van der Waals surface area contributed by atoms with Crippen molar-refractivity contribution >= 4 is 16.9 Å². The Kier molecular flexibility index (Phi) is 5.28. The summed E-state index contributed by atoms with van der Waals surface area (Å²) in [4.78, 5) is 25.8. The van der Waals surface area contributed by atoms with Crippen LogP contribution in [0.15, 0.2) is 54.7 Å². The Balaban J connectivity index is 1.82. The van der Waals surface area contributed by atoms with E-state index < -0.39 is 0 Å². The lowest BCUT2D eigenvalue weighted by atomic mass is 10.0. The number of hydrogen-bond acceptors (Lipinski definition) is 4. The fourth-order valence-electron chi connectivity index (χ4n) is 3.10. The largest absolute Gasteiger partial charge is 0.338 e. The first kappa shape index (κ1) is 18.0. The first-order valence-corrected chi connectivity index (χ1v) is 8.64. The summed E-state index contributed by atoms with van der Waals surface area (Å²) in [6, 6.07) is 15.5. The van der Waals surface area contributed by atoms with Crippen LogP contribution in [0.4, 0.5) is 0 Å². The molecule has 3 aromatic rings. The van der Waals surface area contributed by atoms with Crippen LogP contribution in [-0.4, -0.2) is 46.8 Å². The lowest BCUT2D eigenvalue weighted by Crippen LogP contribution is -2.38. The highest BCUT2D eigenvalue weighted by Crippen LogP contribution is 2.22. The molecule has 0 saturated carbocycles. The number of fused-ring (bicyclic) bond motifs is 1. The van der Waals surface area contributed by atoms with Gasteiger partial charge in [-0.05, 0) is 38.7 Å². The van der Waals surface area contributed by atoms with Gasteiger partial charge < -0.3 is 4.90 Å². The van der Waals surface area contributed by atoms with Crippen molar-refractivity contribution in [3.63, 3.8) is 0 Å². The molecule has 0 unspecified atom stereocenters. The van der Waals surface area contributed by atoms with Crippen molar-refractivity contribution in [1.29, 1.82) is 0 Å². The van der Waals surface area contributed by atoms with E-state index in [1.54, 1.807) is 11.1 Å². The number of benzene rings is 2. The standard InChI is InChI=1S/C21H24N4O/c1-15-8-7-9-16(12-15)20(24(2)3)21(26)25(4)14-17-13-22-18-10-5-6-11-19(18)23-17/h5-13,20H,14H2,1-4H3/t20-/m1/s1.